The summed E-state index contributed by atoms with van der Waals surface area (Å²) in [4.78, 5) is 34.5. The topological polar surface area (TPSA) is 104 Å². The SMILES string of the molecule is O=C(O)CCNC(=O)c1c(O)sc2cc(Cl)ccc2c1=O. The molecule has 1 aromatic carbocycles. The second-order valence-electron chi connectivity index (χ2n) is 4.15. The Labute approximate surface area is 127 Å². The van der Waals surface area contributed by atoms with Crippen LogP contribution in [0.3, 0.4) is 0 Å². The van der Waals surface area contributed by atoms with Crippen LogP contribution in [-0.4, -0.2) is 28.6 Å². The summed E-state index contributed by atoms with van der Waals surface area (Å²) in [7, 11) is 0. The number of nitrogens with one attached hydrogen (secondary N) is 1. The Bertz CT molecular complexity index is 786. The summed E-state index contributed by atoms with van der Waals surface area (Å²) in [6.45, 7) is -0.129. The largest absolute Gasteiger partial charge is 0.499 e. The molecule has 0 radical (unpaired) electrons. The zero-order valence-electron chi connectivity index (χ0n) is 10.6. The standard InChI is InChI=1S/C13H10ClNO5S/c14-6-1-2-7-8(5-6)21-13(20)10(11(7)18)12(19)15-4-3-9(16)17/h1-2,5,20H,3-4H2,(H,15,19)(H,16,17). The maximum atomic E-state index is 12.2. The molecule has 1 amide bonds. The molecule has 0 aliphatic rings. The minimum absolute atomic E-state index is 0.129. The second-order valence-corrected chi connectivity index (χ2v) is 5.62. The van der Waals surface area contributed by atoms with Gasteiger partial charge in [0.25, 0.3) is 5.91 Å². The highest BCUT2D eigenvalue weighted by atomic mass is 35.5. The van der Waals surface area contributed by atoms with Crippen molar-refractivity contribution in [3.8, 4) is 5.06 Å². The maximum absolute atomic E-state index is 12.2. The zero-order valence-corrected chi connectivity index (χ0v) is 12.1. The molecule has 0 aliphatic carbocycles. The van der Waals surface area contributed by atoms with Crippen molar-refractivity contribution in [2.24, 2.45) is 0 Å². The van der Waals surface area contributed by atoms with Crippen molar-refractivity contribution in [3.63, 3.8) is 0 Å². The summed E-state index contributed by atoms with van der Waals surface area (Å²) in [5.41, 5.74) is -1.01. The van der Waals surface area contributed by atoms with Crippen LogP contribution in [0.25, 0.3) is 10.1 Å². The molecule has 8 heteroatoms. The number of rotatable bonds is 4. The number of carboxylic acid groups (broad SMARTS) is 1. The van der Waals surface area contributed by atoms with E-state index in [-0.39, 0.29) is 23.9 Å². The predicted octanol–water partition coefficient (Wildman–Crippen LogP) is 1.82. The lowest BCUT2D eigenvalue weighted by molar-refractivity contribution is -0.136. The van der Waals surface area contributed by atoms with Crippen LogP contribution in [-0.2, 0) is 4.79 Å². The normalized spacial score (nSPS) is 10.5. The molecule has 2 rings (SSSR count). The summed E-state index contributed by atoms with van der Waals surface area (Å²) in [6, 6.07) is 4.51. The molecule has 0 unspecified atom stereocenters. The first-order valence-electron chi connectivity index (χ1n) is 5.85. The zero-order chi connectivity index (χ0) is 15.6. The van der Waals surface area contributed by atoms with Crippen LogP contribution in [0.4, 0.5) is 0 Å². The summed E-state index contributed by atoms with van der Waals surface area (Å²) < 4.78 is 0.465. The third kappa shape index (κ3) is 3.32. The van der Waals surface area contributed by atoms with Crippen molar-refractivity contribution >= 4 is 44.9 Å². The number of carbonyl (C=O) groups excluding carboxylic acids is 1. The minimum Gasteiger partial charge on any atom is -0.499 e. The van der Waals surface area contributed by atoms with Crippen LogP contribution < -0.4 is 10.7 Å². The van der Waals surface area contributed by atoms with Gasteiger partial charge in [-0.15, -0.1) is 0 Å². The van der Waals surface area contributed by atoms with E-state index in [1.165, 1.54) is 18.2 Å². The summed E-state index contributed by atoms with van der Waals surface area (Å²) >= 11 is 6.67. The molecule has 0 spiro atoms. The fraction of sp³-hybridized carbons (Fsp3) is 0.154. The van der Waals surface area contributed by atoms with Gasteiger partial charge in [0.2, 0.25) is 5.43 Å². The first kappa shape index (κ1) is 15.3. The highest BCUT2D eigenvalue weighted by Crippen LogP contribution is 2.29. The molecule has 0 fully saturated rings. The van der Waals surface area contributed by atoms with Crippen LogP contribution in [0.5, 0.6) is 5.06 Å². The van der Waals surface area contributed by atoms with Gasteiger partial charge in [0, 0.05) is 21.7 Å². The van der Waals surface area contributed by atoms with Crippen molar-refractivity contribution in [1.82, 2.24) is 5.32 Å². The minimum atomic E-state index is -1.07. The number of amides is 1. The number of hydrogen-bond donors (Lipinski definition) is 3. The summed E-state index contributed by atoms with van der Waals surface area (Å²) in [5, 5.41) is 20.9. The van der Waals surface area contributed by atoms with E-state index in [9.17, 15) is 19.5 Å². The molecule has 0 saturated carbocycles. The molecule has 0 atom stereocenters. The number of hydrogen-bond acceptors (Lipinski definition) is 5. The quantitative estimate of drug-likeness (QED) is 0.794. The third-order valence-corrected chi connectivity index (χ3v) is 3.88. The predicted molar refractivity (Wildman–Crippen MR) is 79.4 cm³/mol. The van der Waals surface area contributed by atoms with Crippen LogP contribution in [0.15, 0.2) is 23.0 Å². The lowest BCUT2D eigenvalue weighted by Gasteiger charge is -2.06. The van der Waals surface area contributed by atoms with Crippen molar-refractivity contribution in [2.75, 3.05) is 6.54 Å². The van der Waals surface area contributed by atoms with E-state index in [1.807, 2.05) is 0 Å². The highest BCUT2D eigenvalue weighted by Gasteiger charge is 2.19. The number of aromatic hydroxyl groups is 1. The van der Waals surface area contributed by atoms with Gasteiger partial charge in [-0.1, -0.05) is 22.9 Å². The van der Waals surface area contributed by atoms with Crippen molar-refractivity contribution < 1.29 is 19.8 Å². The van der Waals surface area contributed by atoms with Crippen molar-refractivity contribution in [3.05, 3.63) is 39.0 Å². The van der Waals surface area contributed by atoms with Crippen LogP contribution >= 0.6 is 22.9 Å². The van der Waals surface area contributed by atoms with E-state index in [1.54, 1.807) is 0 Å². The Hall–Kier alpha value is -2.12. The monoisotopic (exact) mass is 327 g/mol. The van der Waals surface area contributed by atoms with Gasteiger partial charge < -0.3 is 15.5 Å². The van der Waals surface area contributed by atoms with Gasteiger partial charge >= 0.3 is 5.97 Å². The van der Waals surface area contributed by atoms with Crippen LogP contribution in [0.1, 0.15) is 16.8 Å². The van der Waals surface area contributed by atoms with E-state index < -0.39 is 22.4 Å². The molecular weight excluding hydrogens is 318 g/mol. The molecule has 0 saturated heterocycles. The van der Waals surface area contributed by atoms with Gasteiger partial charge in [-0.05, 0) is 18.2 Å². The maximum Gasteiger partial charge on any atom is 0.305 e. The van der Waals surface area contributed by atoms with Gasteiger partial charge in [-0.2, -0.15) is 0 Å². The molecule has 110 valence electrons. The summed E-state index contributed by atoms with van der Waals surface area (Å²) in [5.74, 6) is -1.87. The Morgan fingerprint density at radius 2 is 2.05 bits per heavy atom. The van der Waals surface area contributed by atoms with Gasteiger partial charge in [0.1, 0.15) is 5.56 Å². The number of halogens is 1. The van der Waals surface area contributed by atoms with Crippen molar-refractivity contribution in [2.45, 2.75) is 6.42 Å². The number of carboxylic acids is 1. The lowest BCUT2D eigenvalue weighted by atomic mass is 10.2. The van der Waals surface area contributed by atoms with Crippen molar-refractivity contribution in [1.29, 1.82) is 0 Å². The smallest absolute Gasteiger partial charge is 0.305 e. The van der Waals surface area contributed by atoms with E-state index in [4.69, 9.17) is 16.7 Å². The van der Waals surface area contributed by atoms with E-state index in [2.05, 4.69) is 5.32 Å². The molecule has 0 bridgehead atoms. The first-order chi connectivity index (χ1) is 9.90. The Balaban J connectivity index is 2.40. The molecule has 6 nitrogen and oxygen atoms in total. The van der Waals surface area contributed by atoms with Crippen LogP contribution in [0, 0.1) is 0 Å². The Morgan fingerprint density at radius 3 is 2.71 bits per heavy atom. The number of aliphatic carboxylic acids is 1. The average molecular weight is 328 g/mol. The molecule has 0 aliphatic heterocycles. The molecule has 1 heterocycles. The second kappa shape index (κ2) is 6.11. The van der Waals surface area contributed by atoms with E-state index in [0.717, 1.165) is 11.3 Å². The van der Waals surface area contributed by atoms with Gasteiger partial charge in [0.05, 0.1) is 6.42 Å². The van der Waals surface area contributed by atoms with Gasteiger partial charge in [-0.3, -0.25) is 14.4 Å². The molecule has 3 N–H and O–H groups in total. The first-order valence-corrected chi connectivity index (χ1v) is 7.05. The Morgan fingerprint density at radius 1 is 1.33 bits per heavy atom. The van der Waals surface area contributed by atoms with Gasteiger partial charge in [0.15, 0.2) is 5.06 Å². The van der Waals surface area contributed by atoms with Crippen LogP contribution in [0.2, 0.25) is 5.02 Å². The van der Waals surface area contributed by atoms with E-state index >= 15 is 0 Å². The number of fused-ring (bicyclic) bond motifs is 1. The fourth-order valence-corrected chi connectivity index (χ4v) is 2.92. The third-order valence-electron chi connectivity index (χ3n) is 2.69. The molecular formula is C13H10ClNO5S. The number of benzene rings is 1. The van der Waals surface area contributed by atoms with E-state index in [0.29, 0.717) is 9.72 Å². The average Bonchev–Trinajstić information content (AvgIpc) is 2.37. The molecule has 1 aromatic heterocycles. The highest BCUT2D eigenvalue weighted by molar-refractivity contribution is 7.20. The molecule has 21 heavy (non-hydrogen) atoms. The Kier molecular flexibility index (Phi) is 4.44. The molecule has 2 aromatic rings. The number of carbonyl (C=O) groups is 2. The van der Waals surface area contributed by atoms with Gasteiger partial charge in [-0.25, -0.2) is 0 Å². The fourth-order valence-electron chi connectivity index (χ4n) is 1.73. The lowest BCUT2D eigenvalue weighted by Crippen LogP contribution is -2.30. The summed E-state index contributed by atoms with van der Waals surface area (Å²) in [6.07, 6.45) is -0.271.